The molecule has 4 rings (SSSR count). The Balaban J connectivity index is 1.57. The van der Waals surface area contributed by atoms with Gasteiger partial charge in [-0.2, -0.15) is 18.2 Å². The number of nitrogens with one attached hydrogen (secondary N) is 3. The van der Waals surface area contributed by atoms with E-state index in [0.717, 1.165) is 11.1 Å². The van der Waals surface area contributed by atoms with Gasteiger partial charge in [0.15, 0.2) is 12.3 Å². The fourth-order valence-electron chi connectivity index (χ4n) is 3.83. The Morgan fingerprint density at radius 3 is 2.40 bits per heavy atom. The van der Waals surface area contributed by atoms with Crippen molar-refractivity contribution >= 4 is 29.1 Å². The quantitative estimate of drug-likeness (QED) is 0.215. The molecular weight excluding hydrogens is 553 g/mol. The van der Waals surface area contributed by atoms with Gasteiger partial charge in [0, 0.05) is 36.0 Å². The highest BCUT2D eigenvalue weighted by Crippen LogP contribution is 2.30. The number of nitrogens with zero attached hydrogens (tertiary/aromatic N) is 3. The number of amides is 2. The summed E-state index contributed by atoms with van der Waals surface area (Å²) in [7, 11) is 0. The van der Waals surface area contributed by atoms with Crippen molar-refractivity contribution in [3.63, 3.8) is 0 Å². The van der Waals surface area contributed by atoms with E-state index < -0.39 is 18.7 Å². The number of carbonyl (C=O) groups excluding carboxylic acids is 2. The van der Waals surface area contributed by atoms with Gasteiger partial charge < -0.3 is 25.8 Å². The van der Waals surface area contributed by atoms with Crippen LogP contribution in [0.25, 0.3) is 16.8 Å². The molecule has 13 heteroatoms. The lowest BCUT2D eigenvalue weighted by atomic mass is 9.96. The third-order valence-electron chi connectivity index (χ3n) is 5.85. The van der Waals surface area contributed by atoms with E-state index in [1.165, 1.54) is 22.7 Å². The van der Waals surface area contributed by atoms with Crippen molar-refractivity contribution in [2.24, 2.45) is 5.41 Å². The van der Waals surface area contributed by atoms with E-state index in [-0.39, 0.29) is 47.4 Å². The fraction of sp³-hybridized carbons (Fsp3) is 0.310. The molecule has 0 fully saturated rings. The van der Waals surface area contributed by atoms with Gasteiger partial charge >= 0.3 is 6.18 Å². The van der Waals surface area contributed by atoms with E-state index in [9.17, 15) is 22.8 Å². The molecule has 0 radical (unpaired) electrons. The highest BCUT2D eigenvalue weighted by molar-refractivity contribution is 5.96. The average molecular weight is 585 g/mol. The SMILES string of the molecule is CC(C)(C)CNC(=O)c1cccc(-c2ccc3nc(Nc4ccc(C(=O)NCCO)cc4OCC(F)(F)F)nn3c2)c1. The van der Waals surface area contributed by atoms with E-state index in [2.05, 4.69) is 26.0 Å². The molecule has 0 atom stereocenters. The monoisotopic (exact) mass is 584 g/mol. The molecule has 0 saturated carbocycles. The Morgan fingerprint density at radius 2 is 1.69 bits per heavy atom. The zero-order valence-corrected chi connectivity index (χ0v) is 23.2. The number of rotatable bonds is 10. The summed E-state index contributed by atoms with van der Waals surface area (Å²) in [6.45, 7) is 4.75. The minimum Gasteiger partial charge on any atom is -0.482 e. The second kappa shape index (κ2) is 12.5. The Kier molecular flexibility index (Phi) is 9.00. The van der Waals surface area contributed by atoms with Crippen molar-refractivity contribution in [2.75, 3.05) is 31.6 Å². The fourth-order valence-corrected chi connectivity index (χ4v) is 3.83. The molecule has 2 aromatic carbocycles. The summed E-state index contributed by atoms with van der Waals surface area (Å²) in [5.74, 6) is -0.913. The number of hydrogen-bond acceptors (Lipinski definition) is 7. The third-order valence-corrected chi connectivity index (χ3v) is 5.85. The molecule has 4 N–H and O–H groups in total. The molecule has 222 valence electrons. The van der Waals surface area contributed by atoms with Gasteiger partial charge in [-0.1, -0.05) is 32.9 Å². The van der Waals surface area contributed by atoms with Gasteiger partial charge in [0.1, 0.15) is 5.75 Å². The molecule has 0 aliphatic rings. The van der Waals surface area contributed by atoms with Gasteiger partial charge in [-0.25, -0.2) is 4.52 Å². The van der Waals surface area contributed by atoms with E-state index in [1.807, 2.05) is 32.9 Å². The van der Waals surface area contributed by atoms with Crippen LogP contribution >= 0.6 is 0 Å². The number of alkyl halides is 3. The molecule has 2 heterocycles. The maximum Gasteiger partial charge on any atom is 0.422 e. The predicted molar refractivity (Wildman–Crippen MR) is 151 cm³/mol. The van der Waals surface area contributed by atoms with Crippen LogP contribution in [-0.4, -0.2) is 64.0 Å². The van der Waals surface area contributed by atoms with Gasteiger partial charge in [-0.05, 0) is 53.4 Å². The van der Waals surface area contributed by atoms with Crippen molar-refractivity contribution in [3.05, 3.63) is 71.9 Å². The summed E-state index contributed by atoms with van der Waals surface area (Å²) in [6.07, 6.45) is -2.88. The van der Waals surface area contributed by atoms with Crippen LogP contribution in [0, 0.1) is 5.41 Å². The highest BCUT2D eigenvalue weighted by atomic mass is 19.4. The maximum absolute atomic E-state index is 12.9. The molecule has 0 aliphatic carbocycles. The lowest BCUT2D eigenvalue weighted by Crippen LogP contribution is -2.32. The van der Waals surface area contributed by atoms with Crippen LogP contribution in [0.4, 0.5) is 24.8 Å². The van der Waals surface area contributed by atoms with E-state index >= 15 is 0 Å². The van der Waals surface area contributed by atoms with Crippen LogP contribution in [0.3, 0.4) is 0 Å². The highest BCUT2D eigenvalue weighted by Gasteiger charge is 2.29. The number of anilines is 2. The summed E-state index contributed by atoms with van der Waals surface area (Å²) in [6, 6.07) is 14.6. The minimum atomic E-state index is -4.60. The summed E-state index contributed by atoms with van der Waals surface area (Å²) in [5.41, 5.74) is 2.62. The molecular formula is C29H31F3N6O4. The molecule has 0 saturated heterocycles. The van der Waals surface area contributed by atoms with Crippen molar-refractivity contribution in [1.82, 2.24) is 25.2 Å². The molecule has 0 unspecified atom stereocenters. The molecule has 0 aliphatic heterocycles. The van der Waals surface area contributed by atoms with Gasteiger partial charge in [0.25, 0.3) is 11.8 Å². The predicted octanol–water partition coefficient (Wildman–Crippen LogP) is 4.58. The normalized spacial score (nSPS) is 11.8. The number of pyridine rings is 1. The van der Waals surface area contributed by atoms with Gasteiger partial charge in [0.2, 0.25) is 5.95 Å². The second-order valence-corrected chi connectivity index (χ2v) is 10.7. The molecule has 4 aromatic rings. The molecule has 0 bridgehead atoms. The lowest BCUT2D eigenvalue weighted by molar-refractivity contribution is -0.153. The number of halogens is 3. The Morgan fingerprint density at radius 1 is 0.952 bits per heavy atom. The summed E-state index contributed by atoms with van der Waals surface area (Å²) >= 11 is 0. The molecule has 10 nitrogen and oxygen atoms in total. The molecule has 2 aromatic heterocycles. The van der Waals surface area contributed by atoms with Gasteiger partial charge in [-0.15, -0.1) is 5.10 Å². The number of fused-ring (bicyclic) bond motifs is 1. The minimum absolute atomic E-state index is 0.0145. The summed E-state index contributed by atoms with van der Waals surface area (Å²) in [4.78, 5) is 29.3. The number of aliphatic hydroxyl groups is 1. The summed E-state index contributed by atoms with van der Waals surface area (Å²) < 4.78 is 45.2. The number of benzene rings is 2. The summed E-state index contributed by atoms with van der Waals surface area (Å²) in [5, 5.41) is 21.5. The first-order valence-corrected chi connectivity index (χ1v) is 13.1. The van der Waals surface area contributed by atoms with E-state index in [4.69, 9.17) is 9.84 Å². The second-order valence-electron chi connectivity index (χ2n) is 10.7. The number of ether oxygens (including phenoxy) is 1. The standard InChI is InChI=1S/C29H31F3N6O4/c1-28(2,3)16-34-26(41)19-6-4-5-18(13-19)21-8-10-24-36-27(37-38(24)15-21)35-22-9-7-20(25(40)33-11-12-39)14-23(22)42-17-29(30,31)32/h4-10,13-15,39H,11-12,16-17H2,1-3H3,(H,33,40)(H,34,41)(H,35,37). The van der Waals surface area contributed by atoms with E-state index in [1.54, 1.807) is 30.5 Å². The van der Waals surface area contributed by atoms with Crippen LogP contribution in [0.2, 0.25) is 0 Å². The number of aliphatic hydroxyl groups excluding tert-OH is 1. The third kappa shape index (κ3) is 8.19. The Hall–Kier alpha value is -4.65. The average Bonchev–Trinajstić information content (AvgIpc) is 3.35. The smallest absolute Gasteiger partial charge is 0.422 e. The largest absolute Gasteiger partial charge is 0.482 e. The van der Waals surface area contributed by atoms with Crippen LogP contribution in [0.5, 0.6) is 5.75 Å². The first kappa shape index (κ1) is 30.3. The van der Waals surface area contributed by atoms with Crippen molar-refractivity contribution in [3.8, 4) is 16.9 Å². The van der Waals surface area contributed by atoms with Crippen molar-refractivity contribution < 1.29 is 32.6 Å². The Labute approximate surface area is 239 Å². The van der Waals surface area contributed by atoms with Crippen molar-refractivity contribution in [2.45, 2.75) is 26.9 Å². The lowest BCUT2D eigenvalue weighted by Gasteiger charge is -2.18. The first-order valence-electron chi connectivity index (χ1n) is 13.1. The van der Waals surface area contributed by atoms with Crippen molar-refractivity contribution in [1.29, 1.82) is 0 Å². The topological polar surface area (TPSA) is 130 Å². The van der Waals surface area contributed by atoms with Crippen LogP contribution in [-0.2, 0) is 0 Å². The first-order chi connectivity index (χ1) is 19.8. The number of aromatic nitrogens is 3. The zero-order chi connectivity index (χ0) is 30.5. The van der Waals surface area contributed by atoms with Gasteiger partial charge in [0.05, 0.1) is 12.3 Å². The van der Waals surface area contributed by atoms with E-state index in [0.29, 0.717) is 17.8 Å². The molecule has 2 amide bonds. The Bertz CT molecular complexity index is 1580. The van der Waals surface area contributed by atoms with Crippen LogP contribution in [0.1, 0.15) is 41.5 Å². The van der Waals surface area contributed by atoms with Crippen LogP contribution in [0.15, 0.2) is 60.8 Å². The maximum atomic E-state index is 12.9. The number of hydrogen-bond donors (Lipinski definition) is 4. The number of carbonyl (C=O) groups is 2. The van der Waals surface area contributed by atoms with Crippen LogP contribution < -0.4 is 20.7 Å². The molecule has 42 heavy (non-hydrogen) atoms. The molecule has 0 spiro atoms. The zero-order valence-electron chi connectivity index (χ0n) is 23.2. The van der Waals surface area contributed by atoms with Gasteiger partial charge in [-0.3, -0.25) is 9.59 Å².